The number of rotatable bonds is 4. The lowest BCUT2D eigenvalue weighted by molar-refractivity contribution is 0.0906. The van der Waals surface area contributed by atoms with Crippen LogP contribution < -0.4 is 0 Å². The molecule has 0 N–H and O–H groups in total. The van der Waals surface area contributed by atoms with Crippen molar-refractivity contribution in [1.29, 1.82) is 0 Å². The van der Waals surface area contributed by atoms with Gasteiger partial charge >= 0.3 is 0 Å². The fraction of sp³-hybridized carbons (Fsp3) is 0.100. The van der Waals surface area contributed by atoms with E-state index in [-0.39, 0.29) is 17.3 Å². The SMILES string of the molecule is O=C1c2ccccc2C2(c3ccccc31)[C@H](C(=O)c1ccccc1)[C@H]2C(=O)c1ccccc1. The van der Waals surface area contributed by atoms with Crippen LogP contribution in [0.1, 0.15) is 47.8 Å². The second kappa shape index (κ2) is 7.21. The lowest BCUT2D eigenvalue weighted by atomic mass is 9.72. The summed E-state index contributed by atoms with van der Waals surface area (Å²) in [5.74, 6) is -1.35. The van der Waals surface area contributed by atoms with E-state index in [4.69, 9.17) is 0 Å². The summed E-state index contributed by atoms with van der Waals surface area (Å²) < 4.78 is 0. The molecule has 0 amide bonds. The van der Waals surface area contributed by atoms with Crippen LogP contribution >= 0.6 is 0 Å². The van der Waals surface area contributed by atoms with Gasteiger partial charge in [-0.2, -0.15) is 0 Å². The molecular weight excluding hydrogens is 408 g/mol. The first-order valence-electron chi connectivity index (χ1n) is 11.1. The van der Waals surface area contributed by atoms with E-state index in [0.717, 1.165) is 11.1 Å². The van der Waals surface area contributed by atoms with Gasteiger partial charge < -0.3 is 0 Å². The first-order chi connectivity index (χ1) is 16.2. The monoisotopic (exact) mass is 428 g/mol. The summed E-state index contributed by atoms with van der Waals surface area (Å²) in [5, 5.41) is 0. The average Bonchev–Trinajstić information content (AvgIpc) is 3.58. The average molecular weight is 428 g/mol. The Morgan fingerprint density at radius 1 is 0.515 bits per heavy atom. The van der Waals surface area contributed by atoms with Crippen molar-refractivity contribution in [3.05, 3.63) is 143 Å². The molecule has 0 aliphatic heterocycles. The Morgan fingerprint density at radius 2 is 0.879 bits per heavy atom. The highest BCUT2D eigenvalue weighted by Crippen LogP contribution is 2.68. The van der Waals surface area contributed by atoms with Crippen LogP contribution in [0.15, 0.2) is 109 Å². The molecule has 0 aromatic heterocycles. The number of benzene rings is 4. The quantitative estimate of drug-likeness (QED) is 0.402. The molecule has 1 spiro atoms. The summed E-state index contributed by atoms with van der Waals surface area (Å²) in [6.45, 7) is 0. The minimum Gasteiger partial charge on any atom is -0.294 e. The standard InChI is InChI=1S/C30H20O3/c31-27(19-11-3-1-4-12-19)25-26(28(32)20-13-5-2-6-14-20)30(25)23-17-9-7-15-21(23)29(33)22-16-8-10-18-24(22)30/h1-18,25-26H/t25-,26-/m0/s1. The molecule has 2 aliphatic rings. The lowest BCUT2D eigenvalue weighted by Crippen LogP contribution is -2.29. The Hall–Kier alpha value is -4.11. The van der Waals surface area contributed by atoms with Crippen LogP contribution in [0.2, 0.25) is 0 Å². The molecule has 0 radical (unpaired) electrons. The molecule has 0 saturated heterocycles. The molecule has 2 aliphatic carbocycles. The maximum atomic E-state index is 13.9. The van der Waals surface area contributed by atoms with Crippen LogP contribution in [0.5, 0.6) is 0 Å². The highest BCUT2D eigenvalue weighted by molar-refractivity contribution is 6.18. The van der Waals surface area contributed by atoms with E-state index in [0.29, 0.717) is 22.3 Å². The summed E-state index contributed by atoms with van der Waals surface area (Å²) in [6.07, 6.45) is 0. The minimum absolute atomic E-state index is 0.0597. The van der Waals surface area contributed by atoms with Crippen LogP contribution in [0, 0.1) is 11.8 Å². The van der Waals surface area contributed by atoms with Gasteiger partial charge in [0.25, 0.3) is 0 Å². The first kappa shape index (κ1) is 19.6. The number of hydrogen-bond donors (Lipinski definition) is 0. The summed E-state index contributed by atoms with van der Waals surface area (Å²) in [4.78, 5) is 41.1. The van der Waals surface area contributed by atoms with Crippen LogP contribution in [0.25, 0.3) is 0 Å². The molecule has 0 unspecified atom stereocenters. The third-order valence-electron chi connectivity index (χ3n) is 7.12. The van der Waals surface area contributed by atoms with E-state index in [9.17, 15) is 14.4 Å². The molecular formula is C30H20O3. The van der Waals surface area contributed by atoms with Crippen molar-refractivity contribution < 1.29 is 14.4 Å². The zero-order chi connectivity index (χ0) is 22.6. The van der Waals surface area contributed by atoms with Crippen molar-refractivity contribution in [2.75, 3.05) is 0 Å². The van der Waals surface area contributed by atoms with E-state index in [1.807, 2.05) is 84.9 Å². The third-order valence-corrected chi connectivity index (χ3v) is 7.12. The predicted molar refractivity (Wildman–Crippen MR) is 126 cm³/mol. The normalized spacial score (nSPS) is 19.5. The Bertz CT molecular complexity index is 1310. The highest BCUT2D eigenvalue weighted by Gasteiger charge is 2.74. The Morgan fingerprint density at radius 3 is 1.30 bits per heavy atom. The predicted octanol–water partition coefficient (Wildman–Crippen LogP) is 5.53. The maximum Gasteiger partial charge on any atom is 0.193 e. The van der Waals surface area contributed by atoms with Crippen LogP contribution in [0.3, 0.4) is 0 Å². The van der Waals surface area contributed by atoms with Crippen molar-refractivity contribution in [3.63, 3.8) is 0 Å². The van der Waals surface area contributed by atoms with Gasteiger partial charge in [0.2, 0.25) is 0 Å². The van der Waals surface area contributed by atoms with Gasteiger partial charge in [-0.1, -0.05) is 109 Å². The minimum atomic E-state index is -0.860. The summed E-state index contributed by atoms with van der Waals surface area (Å²) in [6, 6.07) is 33.1. The lowest BCUT2D eigenvalue weighted by Gasteiger charge is -2.29. The van der Waals surface area contributed by atoms with Gasteiger partial charge in [-0.15, -0.1) is 0 Å². The number of fused-ring (bicyclic) bond motifs is 4. The van der Waals surface area contributed by atoms with Gasteiger partial charge in [-0.05, 0) is 11.1 Å². The van der Waals surface area contributed by atoms with Gasteiger partial charge in [-0.25, -0.2) is 0 Å². The van der Waals surface area contributed by atoms with Crippen molar-refractivity contribution >= 4 is 17.3 Å². The molecule has 0 heterocycles. The maximum absolute atomic E-state index is 13.9. The zero-order valence-corrected chi connectivity index (χ0v) is 17.8. The van der Waals surface area contributed by atoms with Crippen LogP contribution in [0.4, 0.5) is 0 Å². The third kappa shape index (κ3) is 2.66. The summed E-state index contributed by atoms with van der Waals surface area (Å²) in [5.41, 5.74) is 3.00. The van der Waals surface area contributed by atoms with E-state index in [1.165, 1.54) is 0 Å². The number of carbonyl (C=O) groups excluding carboxylic acids is 3. The Kier molecular flexibility index (Phi) is 4.27. The van der Waals surface area contributed by atoms with Crippen LogP contribution in [-0.2, 0) is 5.41 Å². The van der Waals surface area contributed by atoms with E-state index < -0.39 is 17.3 Å². The van der Waals surface area contributed by atoms with E-state index in [1.54, 1.807) is 24.3 Å². The number of hydrogen-bond acceptors (Lipinski definition) is 3. The van der Waals surface area contributed by atoms with E-state index in [2.05, 4.69) is 0 Å². The van der Waals surface area contributed by atoms with E-state index >= 15 is 0 Å². The molecule has 1 fully saturated rings. The highest BCUT2D eigenvalue weighted by atomic mass is 16.1. The van der Waals surface area contributed by atoms with Crippen molar-refractivity contribution in [1.82, 2.24) is 0 Å². The molecule has 4 aromatic rings. The topological polar surface area (TPSA) is 51.2 Å². The number of ketones is 3. The van der Waals surface area contributed by atoms with Gasteiger partial charge in [0.05, 0.1) is 0 Å². The Labute approximate surface area is 191 Å². The first-order valence-corrected chi connectivity index (χ1v) is 11.1. The molecule has 33 heavy (non-hydrogen) atoms. The molecule has 2 atom stereocenters. The van der Waals surface area contributed by atoms with Gasteiger partial charge in [-0.3, -0.25) is 14.4 Å². The molecule has 0 bridgehead atoms. The Balaban J connectivity index is 1.62. The molecule has 6 rings (SSSR count). The fourth-order valence-electron chi connectivity index (χ4n) is 5.71. The van der Waals surface area contributed by atoms with Gasteiger partial charge in [0.1, 0.15) is 0 Å². The summed E-state index contributed by atoms with van der Waals surface area (Å²) >= 11 is 0. The second-order valence-corrected chi connectivity index (χ2v) is 8.71. The zero-order valence-electron chi connectivity index (χ0n) is 17.8. The van der Waals surface area contributed by atoms with Crippen LogP contribution in [-0.4, -0.2) is 17.3 Å². The number of carbonyl (C=O) groups is 3. The smallest absolute Gasteiger partial charge is 0.193 e. The van der Waals surface area contributed by atoms with Crippen molar-refractivity contribution in [2.24, 2.45) is 11.8 Å². The van der Waals surface area contributed by atoms with Crippen molar-refractivity contribution in [3.8, 4) is 0 Å². The molecule has 4 aromatic carbocycles. The second-order valence-electron chi connectivity index (χ2n) is 8.71. The van der Waals surface area contributed by atoms with Crippen molar-refractivity contribution in [2.45, 2.75) is 5.41 Å². The number of Topliss-reactive ketones (excluding diaryl/α,β-unsaturated/α-hetero) is 2. The largest absolute Gasteiger partial charge is 0.294 e. The molecule has 1 saturated carbocycles. The molecule has 3 nitrogen and oxygen atoms in total. The van der Waals surface area contributed by atoms with Gasteiger partial charge in [0.15, 0.2) is 17.3 Å². The molecule has 3 heteroatoms. The van der Waals surface area contributed by atoms with Gasteiger partial charge in [0, 0.05) is 39.5 Å². The summed E-state index contributed by atoms with van der Waals surface area (Å²) in [7, 11) is 0. The molecule has 158 valence electrons. The fourth-order valence-corrected chi connectivity index (χ4v) is 5.71.